The van der Waals surface area contributed by atoms with Crippen molar-refractivity contribution in [2.45, 2.75) is 51.0 Å². The smallest absolute Gasteiger partial charge is 0.210 e. The second-order valence-electron chi connectivity index (χ2n) is 9.50. The van der Waals surface area contributed by atoms with Crippen molar-refractivity contribution in [1.29, 1.82) is 0 Å². The number of halogens is 2. The summed E-state index contributed by atoms with van der Waals surface area (Å²) in [6, 6.07) is 24.6. The number of ether oxygens (including phenoxy) is 3. The van der Waals surface area contributed by atoms with Crippen molar-refractivity contribution in [1.82, 2.24) is 4.90 Å². The summed E-state index contributed by atoms with van der Waals surface area (Å²) in [4.78, 5) is 13.0. The molecule has 3 aromatic rings. The number of rotatable bonds is 8. The van der Waals surface area contributed by atoms with Gasteiger partial charge >= 0.3 is 0 Å². The Bertz CT molecular complexity index is 1110. The molecule has 222 valence electrons. The van der Waals surface area contributed by atoms with E-state index in [4.69, 9.17) is 14.2 Å². The van der Waals surface area contributed by atoms with Gasteiger partial charge in [-0.15, -0.1) is 13.2 Å². The molecule has 5 nitrogen and oxygen atoms in total. The Hall–Kier alpha value is -3.39. The molecule has 41 heavy (non-hydrogen) atoms. The van der Waals surface area contributed by atoms with Gasteiger partial charge in [-0.3, -0.25) is 9.18 Å². The minimum absolute atomic E-state index is 0.108. The molecule has 1 saturated heterocycles. The molecule has 3 atom stereocenters. The summed E-state index contributed by atoms with van der Waals surface area (Å²) in [6.07, 6.45) is 4.58. The van der Waals surface area contributed by atoms with Crippen LogP contribution in [-0.4, -0.2) is 57.1 Å². The summed E-state index contributed by atoms with van der Waals surface area (Å²) < 4.78 is 39.4. The Kier molecular flexibility index (Phi) is 16.2. The topological polar surface area (TPSA) is 48.0 Å². The Labute approximate surface area is 243 Å². The Morgan fingerprint density at radius 3 is 2.29 bits per heavy atom. The van der Waals surface area contributed by atoms with E-state index in [-0.39, 0.29) is 18.0 Å². The minimum atomic E-state index is -0.259. The Morgan fingerprint density at radius 1 is 0.951 bits per heavy atom. The van der Waals surface area contributed by atoms with E-state index in [0.717, 1.165) is 43.4 Å². The lowest BCUT2D eigenvalue weighted by Gasteiger charge is -2.35. The van der Waals surface area contributed by atoms with Crippen LogP contribution < -0.4 is 0 Å². The first-order chi connectivity index (χ1) is 20.1. The first-order valence-corrected chi connectivity index (χ1v) is 13.9. The van der Waals surface area contributed by atoms with Crippen molar-refractivity contribution in [3.05, 3.63) is 120 Å². The zero-order chi connectivity index (χ0) is 29.9. The summed E-state index contributed by atoms with van der Waals surface area (Å²) >= 11 is 0. The number of fused-ring (bicyclic) bond motifs is 1. The molecule has 7 heteroatoms. The van der Waals surface area contributed by atoms with Crippen LogP contribution in [0.25, 0.3) is 0 Å². The first kappa shape index (κ1) is 33.8. The number of carbonyl (C=O) groups excluding carboxylic acids is 1. The lowest BCUT2D eigenvalue weighted by molar-refractivity contribution is -0.119. The van der Waals surface area contributed by atoms with Crippen LogP contribution in [0, 0.1) is 5.82 Å². The maximum absolute atomic E-state index is 13.0. The van der Waals surface area contributed by atoms with Gasteiger partial charge in [-0.25, -0.2) is 4.39 Å². The van der Waals surface area contributed by atoms with E-state index in [2.05, 4.69) is 38.3 Å². The van der Waals surface area contributed by atoms with E-state index in [0.29, 0.717) is 39.6 Å². The second-order valence-corrected chi connectivity index (χ2v) is 9.50. The molecule has 1 fully saturated rings. The predicted molar refractivity (Wildman–Crippen MR) is 160 cm³/mol. The van der Waals surface area contributed by atoms with Gasteiger partial charge in [0.2, 0.25) is 6.41 Å². The third kappa shape index (κ3) is 11.2. The second kappa shape index (κ2) is 19.6. The molecular weight excluding hydrogens is 524 g/mol. The van der Waals surface area contributed by atoms with Crippen molar-refractivity contribution in [3.63, 3.8) is 0 Å². The largest absolute Gasteiger partial charge is 0.376 e. The first-order valence-electron chi connectivity index (χ1n) is 13.9. The van der Waals surface area contributed by atoms with Gasteiger partial charge < -0.3 is 19.1 Å². The SMILES string of the molecule is C=C.CC1CCC(OCCOCc2ccccc2)CO1.CF.O=CN1CCc2ccccc2[C@@H]1c1ccc(F)cc1. The van der Waals surface area contributed by atoms with Crippen LogP contribution in [0.5, 0.6) is 0 Å². The Morgan fingerprint density at radius 2 is 1.63 bits per heavy atom. The fourth-order valence-corrected chi connectivity index (χ4v) is 4.74. The molecule has 0 saturated carbocycles. The minimum Gasteiger partial charge on any atom is -0.376 e. The van der Waals surface area contributed by atoms with E-state index in [1.165, 1.54) is 23.3 Å². The van der Waals surface area contributed by atoms with Gasteiger partial charge in [0.05, 0.1) is 51.9 Å². The summed E-state index contributed by atoms with van der Waals surface area (Å²) in [7, 11) is 0.500. The maximum atomic E-state index is 13.0. The lowest BCUT2D eigenvalue weighted by atomic mass is 9.88. The van der Waals surface area contributed by atoms with Crippen LogP contribution in [0.15, 0.2) is 92.0 Å². The molecule has 2 unspecified atom stereocenters. The zero-order valence-corrected chi connectivity index (χ0v) is 24.2. The summed E-state index contributed by atoms with van der Waals surface area (Å²) in [5, 5.41) is 0. The number of hydrogen-bond donors (Lipinski definition) is 0. The third-order valence-corrected chi connectivity index (χ3v) is 6.80. The van der Waals surface area contributed by atoms with Gasteiger partial charge in [-0.05, 0) is 60.6 Å². The van der Waals surface area contributed by atoms with Crippen LogP contribution in [-0.2, 0) is 32.0 Å². The van der Waals surface area contributed by atoms with E-state index in [1.807, 2.05) is 36.4 Å². The van der Waals surface area contributed by atoms with Crippen LogP contribution in [0.1, 0.15) is 48.1 Å². The molecule has 2 aliphatic rings. The monoisotopic (exact) mass is 567 g/mol. The lowest BCUT2D eigenvalue weighted by Crippen LogP contribution is -2.34. The van der Waals surface area contributed by atoms with Crippen LogP contribution in [0.2, 0.25) is 0 Å². The standard InChI is InChI=1S/C16H14FNO.C15H22O3.C2H4.CH3F/c17-14-7-5-13(6-8-14)16-15-4-2-1-3-12(15)9-10-18(16)11-19;1-13-7-8-15(12-18-13)17-10-9-16-11-14-5-3-2-4-6-14;2*1-2/h1-8,11,16H,9-10H2;2-6,13,15H,7-12H2,1H3;1-2H2;1H3/t16-;;;/m0.../s1. The van der Waals surface area contributed by atoms with Crippen molar-refractivity contribution < 1.29 is 27.8 Å². The highest BCUT2D eigenvalue weighted by atomic mass is 19.1. The third-order valence-electron chi connectivity index (χ3n) is 6.80. The molecule has 0 aromatic heterocycles. The normalized spacial score (nSPS) is 19.1. The molecule has 5 rings (SSSR count). The highest BCUT2D eigenvalue weighted by Gasteiger charge is 2.27. The number of carbonyl (C=O) groups is 1. The molecule has 2 aliphatic heterocycles. The maximum Gasteiger partial charge on any atom is 0.210 e. The van der Waals surface area contributed by atoms with E-state index >= 15 is 0 Å². The van der Waals surface area contributed by atoms with E-state index < -0.39 is 0 Å². The molecule has 0 radical (unpaired) electrons. The molecule has 0 bridgehead atoms. The number of nitrogens with zero attached hydrogens (tertiary/aromatic N) is 1. The van der Waals surface area contributed by atoms with Crippen molar-refractivity contribution >= 4 is 6.41 Å². The summed E-state index contributed by atoms with van der Waals surface area (Å²) in [5.41, 5.74) is 4.54. The van der Waals surface area contributed by atoms with Crippen molar-refractivity contribution in [2.24, 2.45) is 0 Å². The average Bonchev–Trinajstić information content (AvgIpc) is 3.04. The van der Waals surface area contributed by atoms with Gasteiger partial charge in [0.1, 0.15) is 5.82 Å². The molecule has 2 heterocycles. The number of hydrogen-bond acceptors (Lipinski definition) is 4. The number of benzene rings is 3. The fourth-order valence-electron chi connectivity index (χ4n) is 4.74. The summed E-state index contributed by atoms with van der Waals surface area (Å²) in [6.45, 7) is 11.5. The quantitative estimate of drug-likeness (QED) is 0.165. The van der Waals surface area contributed by atoms with Gasteiger partial charge in [0.25, 0.3) is 0 Å². The zero-order valence-electron chi connectivity index (χ0n) is 24.2. The number of amides is 1. The van der Waals surface area contributed by atoms with E-state index in [1.54, 1.807) is 17.0 Å². The highest BCUT2D eigenvalue weighted by Crippen LogP contribution is 2.34. The molecular formula is C34H43F2NO4. The predicted octanol–water partition coefficient (Wildman–Crippen LogP) is 7.10. The van der Waals surface area contributed by atoms with Gasteiger partial charge in [0, 0.05) is 6.54 Å². The fraction of sp³-hybridized carbons (Fsp3) is 0.382. The molecule has 1 amide bonds. The highest BCUT2D eigenvalue weighted by molar-refractivity contribution is 5.54. The van der Waals surface area contributed by atoms with Crippen LogP contribution >= 0.6 is 0 Å². The van der Waals surface area contributed by atoms with Crippen LogP contribution in [0.4, 0.5) is 8.78 Å². The number of alkyl halides is 1. The average molecular weight is 568 g/mol. The molecule has 0 aliphatic carbocycles. The van der Waals surface area contributed by atoms with E-state index in [9.17, 15) is 13.6 Å². The van der Waals surface area contributed by atoms with Crippen molar-refractivity contribution in [3.8, 4) is 0 Å². The van der Waals surface area contributed by atoms with Gasteiger partial charge in [-0.2, -0.15) is 0 Å². The van der Waals surface area contributed by atoms with Crippen molar-refractivity contribution in [2.75, 3.05) is 33.5 Å². The summed E-state index contributed by atoms with van der Waals surface area (Å²) in [5.74, 6) is -0.259. The molecule has 3 aromatic carbocycles. The van der Waals surface area contributed by atoms with Crippen LogP contribution in [0.3, 0.4) is 0 Å². The Balaban J connectivity index is 0.000000256. The molecule has 0 N–H and O–H groups in total. The van der Waals surface area contributed by atoms with Gasteiger partial charge in [-0.1, -0.05) is 66.7 Å². The van der Waals surface area contributed by atoms with Gasteiger partial charge in [0.15, 0.2) is 0 Å². The molecule has 0 spiro atoms.